The Bertz CT molecular complexity index is 841. The van der Waals surface area contributed by atoms with Crippen LogP contribution in [0.1, 0.15) is 23.7 Å². The molecule has 0 aliphatic heterocycles. The van der Waals surface area contributed by atoms with E-state index in [9.17, 15) is 4.79 Å². The summed E-state index contributed by atoms with van der Waals surface area (Å²) in [6.07, 6.45) is 2.41. The molecule has 0 bridgehead atoms. The lowest BCUT2D eigenvalue weighted by Gasteiger charge is -2.07. The Morgan fingerprint density at radius 3 is 2.96 bits per heavy atom. The molecule has 3 rings (SSSR count). The van der Waals surface area contributed by atoms with Crippen molar-refractivity contribution in [1.29, 1.82) is 0 Å². The van der Waals surface area contributed by atoms with Gasteiger partial charge < -0.3 is 10.4 Å². The van der Waals surface area contributed by atoms with Crippen LogP contribution in [0.3, 0.4) is 0 Å². The summed E-state index contributed by atoms with van der Waals surface area (Å²) in [6.45, 7) is 2.34. The number of carbonyl (C=O) groups is 1. The number of aliphatic hydroxyl groups excluding tert-OH is 1. The number of hydrogen-bond donors (Lipinski definition) is 2. The molecule has 0 aliphatic rings. The van der Waals surface area contributed by atoms with E-state index in [1.165, 1.54) is 0 Å². The number of Topliss-reactive ketones (excluding diaryl/α,β-unsaturated/α-hetero) is 1. The second kappa shape index (κ2) is 6.58. The SMILES string of the molecule is CC(=O)c1cccc(-c2cnc3ccc(NCCCO)nn23)c1. The number of aromatic nitrogens is 3. The molecule has 0 saturated carbocycles. The summed E-state index contributed by atoms with van der Waals surface area (Å²) in [5, 5.41) is 16.5. The van der Waals surface area contributed by atoms with Gasteiger partial charge in [-0.05, 0) is 31.5 Å². The van der Waals surface area contributed by atoms with Crippen LogP contribution in [-0.2, 0) is 0 Å². The van der Waals surface area contributed by atoms with Crippen molar-refractivity contribution in [1.82, 2.24) is 14.6 Å². The molecule has 1 aromatic carbocycles. The van der Waals surface area contributed by atoms with Gasteiger partial charge in [-0.2, -0.15) is 0 Å². The van der Waals surface area contributed by atoms with Crippen LogP contribution in [-0.4, -0.2) is 38.6 Å². The minimum atomic E-state index is 0.0278. The van der Waals surface area contributed by atoms with E-state index in [0.29, 0.717) is 24.3 Å². The van der Waals surface area contributed by atoms with E-state index < -0.39 is 0 Å². The molecule has 0 unspecified atom stereocenters. The molecular formula is C17H18N4O2. The van der Waals surface area contributed by atoms with Crippen molar-refractivity contribution in [3.05, 3.63) is 48.2 Å². The predicted molar refractivity (Wildman–Crippen MR) is 88.6 cm³/mol. The fraction of sp³-hybridized carbons (Fsp3) is 0.235. The van der Waals surface area contributed by atoms with Gasteiger partial charge in [0.05, 0.1) is 11.9 Å². The van der Waals surface area contributed by atoms with Gasteiger partial charge in [0.2, 0.25) is 0 Å². The highest BCUT2D eigenvalue weighted by Crippen LogP contribution is 2.22. The number of anilines is 1. The first-order chi connectivity index (χ1) is 11.2. The van der Waals surface area contributed by atoms with E-state index in [0.717, 1.165) is 16.9 Å². The van der Waals surface area contributed by atoms with Crippen molar-refractivity contribution in [3.63, 3.8) is 0 Å². The van der Waals surface area contributed by atoms with Gasteiger partial charge in [0.1, 0.15) is 5.82 Å². The predicted octanol–water partition coefficient (Wildman–Crippen LogP) is 2.39. The molecule has 2 heterocycles. The number of imidazole rings is 1. The average molecular weight is 310 g/mol. The average Bonchev–Trinajstić information content (AvgIpc) is 2.98. The minimum absolute atomic E-state index is 0.0278. The molecule has 2 N–H and O–H groups in total. The van der Waals surface area contributed by atoms with Gasteiger partial charge in [0.25, 0.3) is 0 Å². The summed E-state index contributed by atoms with van der Waals surface area (Å²) >= 11 is 0. The summed E-state index contributed by atoms with van der Waals surface area (Å²) in [7, 11) is 0. The van der Waals surface area contributed by atoms with Crippen LogP contribution in [0.4, 0.5) is 5.82 Å². The topological polar surface area (TPSA) is 79.5 Å². The largest absolute Gasteiger partial charge is 0.396 e. The molecule has 23 heavy (non-hydrogen) atoms. The maximum Gasteiger partial charge on any atom is 0.159 e. The number of aliphatic hydroxyl groups is 1. The number of rotatable bonds is 6. The zero-order valence-corrected chi connectivity index (χ0v) is 12.9. The zero-order valence-electron chi connectivity index (χ0n) is 12.9. The van der Waals surface area contributed by atoms with Gasteiger partial charge in [-0.25, -0.2) is 9.50 Å². The number of carbonyl (C=O) groups excluding carboxylic acids is 1. The Kier molecular flexibility index (Phi) is 4.34. The van der Waals surface area contributed by atoms with Crippen LogP contribution in [0.15, 0.2) is 42.6 Å². The van der Waals surface area contributed by atoms with Gasteiger partial charge in [0.15, 0.2) is 11.4 Å². The summed E-state index contributed by atoms with van der Waals surface area (Å²) in [5.41, 5.74) is 3.12. The quantitative estimate of drug-likeness (QED) is 0.540. The fourth-order valence-electron chi connectivity index (χ4n) is 2.36. The molecule has 3 aromatic rings. The van der Waals surface area contributed by atoms with E-state index in [4.69, 9.17) is 5.11 Å². The van der Waals surface area contributed by atoms with Gasteiger partial charge in [0, 0.05) is 24.3 Å². The molecule has 0 spiro atoms. The molecule has 0 saturated heterocycles. The third-order valence-corrected chi connectivity index (χ3v) is 3.57. The van der Waals surface area contributed by atoms with Crippen LogP contribution < -0.4 is 5.32 Å². The van der Waals surface area contributed by atoms with Crippen LogP contribution in [0.5, 0.6) is 0 Å². The van der Waals surface area contributed by atoms with E-state index in [-0.39, 0.29) is 12.4 Å². The van der Waals surface area contributed by atoms with Crippen LogP contribution in [0.2, 0.25) is 0 Å². The van der Waals surface area contributed by atoms with E-state index in [1.54, 1.807) is 23.7 Å². The smallest absolute Gasteiger partial charge is 0.159 e. The van der Waals surface area contributed by atoms with Gasteiger partial charge in [-0.15, -0.1) is 5.10 Å². The van der Waals surface area contributed by atoms with Crippen LogP contribution >= 0.6 is 0 Å². The summed E-state index contributed by atoms with van der Waals surface area (Å²) in [6, 6.07) is 11.2. The maximum atomic E-state index is 11.6. The molecule has 0 amide bonds. The van der Waals surface area contributed by atoms with Crippen molar-refractivity contribution in [2.45, 2.75) is 13.3 Å². The first-order valence-corrected chi connectivity index (χ1v) is 7.50. The third kappa shape index (κ3) is 3.22. The first-order valence-electron chi connectivity index (χ1n) is 7.50. The normalized spacial score (nSPS) is 10.9. The molecule has 0 radical (unpaired) electrons. The molecule has 2 aromatic heterocycles. The van der Waals surface area contributed by atoms with Crippen molar-refractivity contribution in [3.8, 4) is 11.3 Å². The van der Waals surface area contributed by atoms with E-state index in [1.807, 2.05) is 30.3 Å². The van der Waals surface area contributed by atoms with Crippen molar-refractivity contribution < 1.29 is 9.90 Å². The van der Waals surface area contributed by atoms with Gasteiger partial charge in [-0.1, -0.05) is 18.2 Å². The van der Waals surface area contributed by atoms with E-state index in [2.05, 4.69) is 15.4 Å². The highest BCUT2D eigenvalue weighted by molar-refractivity contribution is 5.95. The molecule has 0 atom stereocenters. The lowest BCUT2D eigenvalue weighted by molar-refractivity contribution is 0.101. The van der Waals surface area contributed by atoms with Gasteiger partial charge in [-0.3, -0.25) is 4.79 Å². The highest BCUT2D eigenvalue weighted by Gasteiger charge is 2.09. The Morgan fingerprint density at radius 2 is 2.17 bits per heavy atom. The Labute approximate surface area is 133 Å². The van der Waals surface area contributed by atoms with Crippen molar-refractivity contribution in [2.75, 3.05) is 18.5 Å². The maximum absolute atomic E-state index is 11.6. The molecular weight excluding hydrogens is 292 g/mol. The molecule has 0 fully saturated rings. The number of nitrogens with zero attached hydrogens (tertiary/aromatic N) is 3. The van der Waals surface area contributed by atoms with Crippen LogP contribution in [0.25, 0.3) is 16.9 Å². The number of nitrogens with one attached hydrogen (secondary N) is 1. The standard InChI is InChI=1S/C17H18N4O2/c1-12(23)13-4-2-5-14(10-13)15-11-19-17-7-6-16(20-21(15)17)18-8-3-9-22/h2,4-7,10-11,22H,3,8-9H2,1H3,(H,18,20). The van der Waals surface area contributed by atoms with E-state index >= 15 is 0 Å². The number of benzene rings is 1. The van der Waals surface area contributed by atoms with Crippen LogP contribution in [0, 0.1) is 0 Å². The molecule has 6 nitrogen and oxygen atoms in total. The van der Waals surface area contributed by atoms with Crippen molar-refractivity contribution in [2.24, 2.45) is 0 Å². The number of hydrogen-bond acceptors (Lipinski definition) is 5. The molecule has 0 aliphatic carbocycles. The first kappa shape index (κ1) is 15.2. The fourth-order valence-corrected chi connectivity index (χ4v) is 2.36. The molecule has 118 valence electrons. The number of fused-ring (bicyclic) bond motifs is 1. The third-order valence-electron chi connectivity index (χ3n) is 3.57. The monoisotopic (exact) mass is 310 g/mol. The summed E-state index contributed by atoms with van der Waals surface area (Å²) in [4.78, 5) is 15.9. The molecule has 6 heteroatoms. The minimum Gasteiger partial charge on any atom is -0.396 e. The number of ketones is 1. The zero-order chi connectivity index (χ0) is 16.2. The lowest BCUT2D eigenvalue weighted by atomic mass is 10.1. The van der Waals surface area contributed by atoms with Crippen molar-refractivity contribution >= 4 is 17.2 Å². The van der Waals surface area contributed by atoms with Gasteiger partial charge >= 0.3 is 0 Å². The Morgan fingerprint density at radius 1 is 1.30 bits per heavy atom. The second-order valence-corrected chi connectivity index (χ2v) is 5.27. The Hall–Kier alpha value is -2.73. The second-order valence-electron chi connectivity index (χ2n) is 5.27. The Balaban J connectivity index is 1.99. The highest BCUT2D eigenvalue weighted by atomic mass is 16.3. The summed E-state index contributed by atoms with van der Waals surface area (Å²) in [5.74, 6) is 0.743. The summed E-state index contributed by atoms with van der Waals surface area (Å²) < 4.78 is 1.75. The lowest BCUT2D eigenvalue weighted by Crippen LogP contribution is -2.07.